The van der Waals surface area contributed by atoms with Crippen molar-refractivity contribution < 1.29 is 0 Å². The summed E-state index contributed by atoms with van der Waals surface area (Å²) < 4.78 is 0. The number of aryl methyl sites for hydroxylation is 1. The molecular formula is C18H16. The minimum atomic E-state index is 0.781. The van der Waals surface area contributed by atoms with Crippen LogP contribution in [-0.2, 0) is 0 Å². The summed E-state index contributed by atoms with van der Waals surface area (Å²) >= 11 is 0. The summed E-state index contributed by atoms with van der Waals surface area (Å²) in [5.41, 5.74) is 3.57. The van der Waals surface area contributed by atoms with Gasteiger partial charge in [-0.05, 0) is 24.1 Å². The summed E-state index contributed by atoms with van der Waals surface area (Å²) in [7, 11) is 0. The van der Waals surface area contributed by atoms with Gasteiger partial charge in [0.1, 0.15) is 0 Å². The molecule has 0 aliphatic rings. The maximum Gasteiger partial charge on any atom is 0.0276 e. The Morgan fingerprint density at radius 2 is 1.67 bits per heavy atom. The summed E-state index contributed by atoms with van der Waals surface area (Å²) in [5, 5.41) is 0. The summed E-state index contributed by atoms with van der Waals surface area (Å²) in [5.74, 6) is 6.37. The Kier molecular flexibility index (Phi) is 4.39. The van der Waals surface area contributed by atoms with E-state index in [1.54, 1.807) is 0 Å². The molecular weight excluding hydrogens is 216 g/mol. The van der Waals surface area contributed by atoms with E-state index in [1.165, 1.54) is 11.1 Å². The molecule has 0 heteroatoms. The minimum Gasteiger partial charge on any atom is -0.0937 e. The Morgan fingerprint density at radius 3 is 2.44 bits per heavy atom. The summed E-state index contributed by atoms with van der Waals surface area (Å²) in [4.78, 5) is 0. The molecule has 0 atom stereocenters. The molecule has 2 rings (SSSR count). The van der Waals surface area contributed by atoms with E-state index in [1.807, 2.05) is 30.3 Å². The fourth-order valence-electron chi connectivity index (χ4n) is 1.68. The van der Waals surface area contributed by atoms with E-state index < -0.39 is 0 Å². The third-order valence-electron chi connectivity index (χ3n) is 2.70. The highest BCUT2D eigenvalue weighted by Crippen LogP contribution is 2.05. The van der Waals surface area contributed by atoms with Crippen LogP contribution in [0.4, 0.5) is 0 Å². The molecule has 0 radical (unpaired) electrons. The molecule has 0 aliphatic carbocycles. The van der Waals surface area contributed by atoms with E-state index in [0.717, 1.165) is 12.0 Å². The number of rotatable bonds is 2. The van der Waals surface area contributed by atoms with Gasteiger partial charge in [0.2, 0.25) is 0 Å². The third-order valence-corrected chi connectivity index (χ3v) is 2.70. The van der Waals surface area contributed by atoms with E-state index in [-0.39, 0.29) is 0 Å². The Labute approximate surface area is 109 Å². The van der Waals surface area contributed by atoms with Crippen LogP contribution in [0, 0.1) is 18.8 Å². The fraction of sp³-hybridized carbons (Fsp3) is 0.111. The number of hydrogen-bond acceptors (Lipinski definition) is 0. The molecule has 0 saturated heterocycles. The van der Waals surface area contributed by atoms with Gasteiger partial charge in [-0.15, -0.1) is 0 Å². The molecule has 18 heavy (non-hydrogen) atoms. The van der Waals surface area contributed by atoms with Crippen molar-refractivity contribution in [3.8, 4) is 11.8 Å². The van der Waals surface area contributed by atoms with Gasteiger partial charge in [-0.25, -0.2) is 0 Å². The molecule has 2 aromatic rings. The standard InChI is InChI=1S/C18H16/c1-16-10-8-9-15-18(16)14-7-3-6-13-17-11-4-2-5-12-17/h2,4-6,8-13,15H,3H2,1H3/b13-6+. The second kappa shape index (κ2) is 6.47. The van der Waals surface area contributed by atoms with Crippen LogP contribution in [0.3, 0.4) is 0 Å². The first-order valence-electron chi connectivity index (χ1n) is 6.12. The zero-order valence-corrected chi connectivity index (χ0v) is 10.6. The normalized spacial score (nSPS) is 10.1. The molecule has 0 amide bonds. The zero-order valence-electron chi connectivity index (χ0n) is 10.6. The molecule has 0 fully saturated rings. The lowest BCUT2D eigenvalue weighted by Crippen LogP contribution is -1.79. The summed E-state index contributed by atoms with van der Waals surface area (Å²) in [6, 6.07) is 18.5. The highest BCUT2D eigenvalue weighted by atomic mass is 13.9. The van der Waals surface area contributed by atoms with Crippen LogP contribution in [0.1, 0.15) is 23.1 Å². The molecule has 0 spiro atoms. The largest absolute Gasteiger partial charge is 0.0937 e. The van der Waals surface area contributed by atoms with Crippen molar-refractivity contribution in [3.05, 3.63) is 77.4 Å². The van der Waals surface area contributed by atoms with Gasteiger partial charge in [-0.1, -0.05) is 72.5 Å². The third kappa shape index (κ3) is 3.64. The number of hydrogen-bond donors (Lipinski definition) is 0. The lowest BCUT2D eigenvalue weighted by atomic mass is 10.1. The van der Waals surface area contributed by atoms with Gasteiger partial charge < -0.3 is 0 Å². The van der Waals surface area contributed by atoms with Crippen LogP contribution in [0.15, 0.2) is 60.7 Å². The highest BCUT2D eigenvalue weighted by molar-refractivity contribution is 5.49. The van der Waals surface area contributed by atoms with Crippen molar-refractivity contribution >= 4 is 6.08 Å². The first-order chi connectivity index (χ1) is 8.86. The predicted octanol–water partition coefficient (Wildman–Crippen LogP) is 4.45. The average molecular weight is 232 g/mol. The Bertz CT molecular complexity index is 580. The van der Waals surface area contributed by atoms with Crippen LogP contribution in [-0.4, -0.2) is 0 Å². The molecule has 0 unspecified atom stereocenters. The van der Waals surface area contributed by atoms with Gasteiger partial charge >= 0.3 is 0 Å². The molecule has 0 heterocycles. The first kappa shape index (κ1) is 12.2. The quantitative estimate of drug-likeness (QED) is 0.671. The Balaban J connectivity index is 1.94. The number of allylic oxidation sites excluding steroid dienone is 1. The van der Waals surface area contributed by atoms with Crippen molar-refractivity contribution in [3.63, 3.8) is 0 Å². The lowest BCUT2D eigenvalue weighted by molar-refractivity contribution is 1.42. The highest BCUT2D eigenvalue weighted by Gasteiger charge is 1.89. The van der Waals surface area contributed by atoms with Gasteiger partial charge in [0.25, 0.3) is 0 Å². The van der Waals surface area contributed by atoms with Crippen LogP contribution in [0.5, 0.6) is 0 Å². The Hall–Kier alpha value is -2.26. The van der Waals surface area contributed by atoms with Crippen LogP contribution in [0.2, 0.25) is 0 Å². The van der Waals surface area contributed by atoms with E-state index in [2.05, 4.69) is 55.2 Å². The second-order valence-electron chi connectivity index (χ2n) is 4.13. The van der Waals surface area contributed by atoms with Crippen molar-refractivity contribution in [1.82, 2.24) is 0 Å². The molecule has 0 bridgehead atoms. The van der Waals surface area contributed by atoms with Crippen molar-refractivity contribution in [2.45, 2.75) is 13.3 Å². The molecule has 0 aliphatic heterocycles. The SMILES string of the molecule is Cc1ccccc1C#CC/C=C/c1ccccc1. The first-order valence-corrected chi connectivity index (χ1v) is 6.12. The maximum atomic E-state index is 3.20. The zero-order chi connectivity index (χ0) is 12.6. The van der Waals surface area contributed by atoms with E-state index in [0.29, 0.717) is 0 Å². The van der Waals surface area contributed by atoms with E-state index in [9.17, 15) is 0 Å². The smallest absolute Gasteiger partial charge is 0.0276 e. The summed E-state index contributed by atoms with van der Waals surface area (Å²) in [6.07, 6.45) is 4.98. The maximum absolute atomic E-state index is 3.20. The van der Waals surface area contributed by atoms with E-state index >= 15 is 0 Å². The van der Waals surface area contributed by atoms with Crippen molar-refractivity contribution in [2.24, 2.45) is 0 Å². The van der Waals surface area contributed by atoms with Crippen LogP contribution >= 0.6 is 0 Å². The molecule has 0 saturated carbocycles. The topological polar surface area (TPSA) is 0 Å². The van der Waals surface area contributed by atoms with Gasteiger partial charge in [-0.3, -0.25) is 0 Å². The molecule has 88 valence electrons. The predicted molar refractivity (Wildman–Crippen MR) is 78.2 cm³/mol. The van der Waals surface area contributed by atoms with Gasteiger partial charge in [-0.2, -0.15) is 0 Å². The van der Waals surface area contributed by atoms with Crippen LogP contribution in [0.25, 0.3) is 6.08 Å². The minimum absolute atomic E-state index is 0.781. The summed E-state index contributed by atoms with van der Waals surface area (Å²) in [6.45, 7) is 2.09. The molecule has 0 nitrogen and oxygen atoms in total. The molecule has 0 aromatic heterocycles. The van der Waals surface area contributed by atoms with Crippen molar-refractivity contribution in [1.29, 1.82) is 0 Å². The van der Waals surface area contributed by atoms with Crippen molar-refractivity contribution in [2.75, 3.05) is 0 Å². The van der Waals surface area contributed by atoms with Gasteiger partial charge in [0, 0.05) is 12.0 Å². The van der Waals surface area contributed by atoms with E-state index in [4.69, 9.17) is 0 Å². The van der Waals surface area contributed by atoms with Gasteiger partial charge in [0.15, 0.2) is 0 Å². The van der Waals surface area contributed by atoms with Gasteiger partial charge in [0.05, 0.1) is 0 Å². The average Bonchev–Trinajstić information content (AvgIpc) is 2.42. The number of benzene rings is 2. The monoisotopic (exact) mass is 232 g/mol. The Morgan fingerprint density at radius 1 is 0.944 bits per heavy atom. The second-order valence-corrected chi connectivity index (χ2v) is 4.13. The fourth-order valence-corrected chi connectivity index (χ4v) is 1.68. The van der Waals surface area contributed by atoms with Crippen LogP contribution < -0.4 is 0 Å². The molecule has 2 aromatic carbocycles. The lowest BCUT2D eigenvalue weighted by Gasteiger charge is -1.94. The molecule has 0 N–H and O–H groups in total.